The highest BCUT2D eigenvalue weighted by molar-refractivity contribution is 6.28. The maximum Gasteiger partial charge on any atom is 0.230 e. The van der Waals surface area contributed by atoms with E-state index in [1.165, 1.54) is 11.9 Å². The summed E-state index contributed by atoms with van der Waals surface area (Å²) in [6, 6.07) is 27.0. The summed E-state index contributed by atoms with van der Waals surface area (Å²) < 4.78 is 2.07. The molecule has 5 heterocycles. The number of hydrogen-bond donors (Lipinski definition) is 1. The summed E-state index contributed by atoms with van der Waals surface area (Å²) >= 11 is 6.05. The van der Waals surface area contributed by atoms with Crippen molar-refractivity contribution in [3.05, 3.63) is 102 Å². The summed E-state index contributed by atoms with van der Waals surface area (Å²) in [5, 5.41) is 0.212. The monoisotopic (exact) mass is 602 g/mol. The van der Waals surface area contributed by atoms with Crippen molar-refractivity contribution in [1.82, 2.24) is 39.4 Å². The van der Waals surface area contributed by atoms with E-state index >= 15 is 0 Å². The number of rotatable bonds is 6. The van der Waals surface area contributed by atoms with Gasteiger partial charge in [0, 0.05) is 49.2 Å². The van der Waals surface area contributed by atoms with Gasteiger partial charge in [-0.2, -0.15) is 4.98 Å². The standard InChI is InChI=1S/C33H31ClN10/c1-21-17-42(18-22(2)43(21)33-38-20-37-32(34)41-33)19-23-10-12-25(13-11-23)44-30(26-9-6-16-36-29(26)35)40-28-15-14-27(39-31(28)44)24-7-4-3-5-8-24/h3-16,20-22H,17-19H2,1-2H3,(H2,35,36)/t21-,22-/m1/s1. The minimum absolute atomic E-state index is 0.212. The minimum Gasteiger partial charge on any atom is -0.383 e. The highest BCUT2D eigenvalue weighted by atomic mass is 35.5. The number of nitrogens with zero attached hydrogens (tertiary/aromatic N) is 9. The summed E-state index contributed by atoms with van der Waals surface area (Å²) in [6.45, 7) is 6.95. The van der Waals surface area contributed by atoms with E-state index in [-0.39, 0.29) is 17.4 Å². The third kappa shape index (κ3) is 5.34. The van der Waals surface area contributed by atoms with E-state index in [9.17, 15) is 0 Å². The van der Waals surface area contributed by atoms with E-state index in [0.29, 0.717) is 17.6 Å². The fourth-order valence-corrected chi connectivity index (χ4v) is 6.24. The largest absolute Gasteiger partial charge is 0.383 e. The highest BCUT2D eigenvalue weighted by Gasteiger charge is 2.31. The molecular weight excluding hydrogens is 572 g/mol. The second-order valence-corrected chi connectivity index (χ2v) is 11.5. The van der Waals surface area contributed by atoms with Crippen molar-refractivity contribution >= 4 is 34.5 Å². The average Bonchev–Trinajstić information content (AvgIpc) is 3.40. The van der Waals surface area contributed by atoms with Crippen molar-refractivity contribution in [2.45, 2.75) is 32.5 Å². The fraction of sp³-hybridized carbons (Fsp3) is 0.212. The first-order valence-corrected chi connectivity index (χ1v) is 14.9. The Labute approximate surface area is 260 Å². The molecule has 2 N–H and O–H groups in total. The zero-order valence-electron chi connectivity index (χ0n) is 24.4. The van der Waals surface area contributed by atoms with Gasteiger partial charge in [0.1, 0.15) is 17.7 Å². The zero-order chi connectivity index (χ0) is 30.2. The maximum absolute atomic E-state index is 6.34. The lowest BCUT2D eigenvalue weighted by Crippen LogP contribution is -2.57. The molecule has 220 valence electrons. The summed E-state index contributed by atoms with van der Waals surface area (Å²) in [5.74, 6) is 1.75. The number of aromatic nitrogens is 7. The van der Waals surface area contributed by atoms with Crippen LogP contribution >= 0.6 is 11.6 Å². The van der Waals surface area contributed by atoms with Gasteiger partial charge in [0.25, 0.3) is 0 Å². The molecule has 11 heteroatoms. The first-order chi connectivity index (χ1) is 21.4. The van der Waals surface area contributed by atoms with Crippen LogP contribution in [0.15, 0.2) is 91.4 Å². The number of piperazine rings is 1. The number of halogens is 1. The van der Waals surface area contributed by atoms with Gasteiger partial charge in [0.05, 0.1) is 11.3 Å². The Morgan fingerprint density at radius 2 is 1.59 bits per heavy atom. The van der Waals surface area contributed by atoms with Crippen LogP contribution in [0.4, 0.5) is 11.8 Å². The quantitative estimate of drug-likeness (QED) is 0.257. The van der Waals surface area contributed by atoms with Crippen LogP contribution in [0.3, 0.4) is 0 Å². The first kappa shape index (κ1) is 27.9. The number of nitrogen functional groups attached to an aromatic ring is 1. The molecule has 7 rings (SSSR count). The van der Waals surface area contributed by atoms with Crippen LogP contribution in [0.5, 0.6) is 0 Å². The van der Waals surface area contributed by atoms with E-state index in [1.54, 1.807) is 6.20 Å². The lowest BCUT2D eigenvalue weighted by molar-refractivity contribution is 0.191. The summed E-state index contributed by atoms with van der Waals surface area (Å²) in [4.78, 5) is 31.7. The smallest absolute Gasteiger partial charge is 0.230 e. The van der Waals surface area contributed by atoms with Gasteiger partial charge in [0.15, 0.2) is 11.5 Å². The lowest BCUT2D eigenvalue weighted by atomic mass is 10.1. The molecule has 1 aliphatic heterocycles. The van der Waals surface area contributed by atoms with Crippen molar-refractivity contribution in [1.29, 1.82) is 0 Å². The molecule has 0 unspecified atom stereocenters. The molecule has 0 bridgehead atoms. The molecule has 0 radical (unpaired) electrons. The SMILES string of the molecule is C[C@@H]1CN(Cc2ccc(-n3c(-c4cccnc4N)nc4ccc(-c5ccccc5)nc43)cc2)C[C@@H](C)N1c1ncnc(Cl)n1. The average molecular weight is 603 g/mol. The molecule has 0 amide bonds. The number of hydrogen-bond acceptors (Lipinski definition) is 9. The molecule has 10 nitrogen and oxygen atoms in total. The number of benzene rings is 2. The van der Waals surface area contributed by atoms with Crippen LogP contribution in [0, 0.1) is 0 Å². The van der Waals surface area contributed by atoms with Crippen molar-refractivity contribution in [2.75, 3.05) is 23.7 Å². The van der Waals surface area contributed by atoms with E-state index in [1.807, 2.05) is 42.5 Å². The predicted molar refractivity (Wildman–Crippen MR) is 173 cm³/mol. The maximum atomic E-state index is 6.34. The molecular formula is C33H31ClN10. The van der Waals surface area contributed by atoms with Gasteiger partial charge in [-0.05, 0) is 67.4 Å². The summed E-state index contributed by atoms with van der Waals surface area (Å²) in [7, 11) is 0. The van der Waals surface area contributed by atoms with Gasteiger partial charge in [-0.1, -0.05) is 42.5 Å². The Morgan fingerprint density at radius 3 is 2.32 bits per heavy atom. The molecule has 1 aliphatic rings. The third-order valence-corrected chi connectivity index (χ3v) is 8.19. The summed E-state index contributed by atoms with van der Waals surface area (Å²) in [5.41, 5.74) is 12.7. The second kappa shape index (κ2) is 11.6. The second-order valence-electron chi connectivity index (χ2n) is 11.1. The number of pyridine rings is 2. The molecule has 2 atom stereocenters. The lowest BCUT2D eigenvalue weighted by Gasteiger charge is -2.44. The molecule has 44 heavy (non-hydrogen) atoms. The van der Waals surface area contributed by atoms with Gasteiger partial charge in [-0.3, -0.25) is 9.47 Å². The Hall–Kier alpha value is -4.93. The Morgan fingerprint density at radius 1 is 0.818 bits per heavy atom. The van der Waals surface area contributed by atoms with Crippen molar-refractivity contribution in [3.63, 3.8) is 0 Å². The number of nitrogens with two attached hydrogens (primary N) is 1. The van der Waals surface area contributed by atoms with E-state index in [0.717, 1.165) is 53.3 Å². The molecule has 0 spiro atoms. The van der Waals surface area contributed by atoms with Crippen LogP contribution in [0.25, 0.3) is 39.5 Å². The molecule has 0 aliphatic carbocycles. The third-order valence-electron chi connectivity index (χ3n) is 8.01. The normalized spacial score (nSPS) is 17.3. The molecule has 4 aromatic heterocycles. The van der Waals surface area contributed by atoms with Crippen molar-refractivity contribution in [3.8, 4) is 28.3 Å². The van der Waals surface area contributed by atoms with Crippen molar-refractivity contribution in [2.24, 2.45) is 0 Å². The van der Waals surface area contributed by atoms with Crippen LogP contribution < -0.4 is 10.6 Å². The van der Waals surface area contributed by atoms with Gasteiger partial charge in [0.2, 0.25) is 11.2 Å². The van der Waals surface area contributed by atoms with Crippen LogP contribution in [0.1, 0.15) is 19.4 Å². The topological polar surface area (TPSA) is 115 Å². The van der Waals surface area contributed by atoms with Crippen LogP contribution in [-0.4, -0.2) is 64.5 Å². The molecule has 1 fully saturated rings. The Bertz CT molecular complexity index is 1910. The number of imidazole rings is 1. The predicted octanol–water partition coefficient (Wildman–Crippen LogP) is 5.67. The molecule has 1 saturated heterocycles. The minimum atomic E-state index is 0.212. The van der Waals surface area contributed by atoms with Crippen LogP contribution in [0.2, 0.25) is 5.28 Å². The molecule has 0 saturated carbocycles. The number of fused-ring (bicyclic) bond motifs is 1. The summed E-state index contributed by atoms with van der Waals surface area (Å²) in [6.07, 6.45) is 3.15. The zero-order valence-corrected chi connectivity index (χ0v) is 25.2. The van der Waals surface area contributed by atoms with Gasteiger partial charge in [-0.15, -0.1) is 0 Å². The van der Waals surface area contributed by atoms with Crippen molar-refractivity contribution < 1.29 is 0 Å². The van der Waals surface area contributed by atoms with Gasteiger partial charge in [-0.25, -0.2) is 24.9 Å². The van der Waals surface area contributed by atoms with Gasteiger partial charge >= 0.3 is 0 Å². The Kier molecular flexibility index (Phi) is 7.37. The van der Waals surface area contributed by atoms with E-state index < -0.39 is 0 Å². The van der Waals surface area contributed by atoms with E-state index in [4.69, 9.17) is 27.3 Å². The van der Waals surface area contributed by atoms with Crippen LogP contribution in [-0.2, 0) is 6.54 Å². The first-order valence-electron chi connectivity index (χ1n) is 14.5. The van der Waals surface area contributed by atoms with Gasteiger partial charge < -0.3 is 10.6 Å². The highest BCUT2D eigenvalue weighted by Crippen LogP contribution is 2.32. The molecule has 6 aromatic rings. The Balaban J connectivity index is 1.20. The number of anilines is 2. The molecule has 2 aromatic carbocycles. The fourth-order valence-electron chi connectivity index (χ4n) is 6.12. The van der Waals surface area contributed by atoms with E-state index in [2.05, 4.69) is 84.5 Å².